The average Bonchev–Trinajstić information content (AvgIpc) is 3.25. The van der Waals surface area contributed by atoms with Crippen molar-refractivity contribution in [3.8, 4) is 0 Å². The fraction of sp³-hybridized carbons (Fsp3) is 0.286. The standard InChI is InChI=1S/C21H23N7O2S/c29-19(24-14-16-5-1-3-7-22-16)13-17-15-31-20(25-17)26-21(30)28-11-9-27(10-12-28)18-6-2-4-8-23-18/h1-8,15H,9-14H2,(H,24,29)(H,25,26,30). The Kier molecular flexibility index (Phi) is 6.68. The van der Waals surface area contributed by atoms with E-state index in [1.54, 1.807) is 22.7 Å². The van der Waals surface area contributed by atoms with Crippen molar-refractivity contribution in [3.63, 3.8) is 0 Å². The monoisotopic (exact) mass is 437 g/mol. The van der Waals surface area contributed by atoms with E-state index in [9.17, 15) is 9.59 Å². The molecule has 2 N–H and O–H groups in total. The Balaban J connectivity index is 1.22. The Morgan fingerprint density at radius 3 is 2.45 bits per heavy atom. The summed E-state index contributed by atoms with van der Waals surface area (Å²) in [6.45, 7) is 3.04. The van der Waals surface area contributed by atoms with Gasteiger partial charge in [0.05, 0.1) is 24.4 Å². The fourth-order valence-corrected chi connectivity index (χ4v) is 3.91. The van der Waals surface area contributed by atoms with E-state index in [2.05, 4.69) is 30.5 Å². The number of hydrogen-bond acceptors (Lipinski definition) is 7. The predicted molar refractivity (Wildman–Crippen MR) is 119 cm³/mol. The van der Waals surface area contributed by atoms with Gasteiger partial charge in [0.15, 0.2) is 5.13 Å². The Labute approximate surface area is 184 Å². The third kappa shape index (κ3) is 5.76. The second-order valence-electron chi connectivity index (χ2n) is 7.01. The van der Waals surface area contributed by atoms with Crippen LogP contribution in [0.3, 0.4) is 0 Å². The maximum Gasteiger partial charge on any atom is 0.323 e. The van der Waals surface area contributed by atoms with E-state index in [1.165, 1.54) is 11.3 Å². The van der Waals surface area contributed by atoms with Crippen molar-refractivity contribution in [2.75, 3.05) is 36.4 Å². The number of amides is 3. The number of nitrogens with zero attached hydrogens (tertiary/aromatic N) is 5. The van der Waals surface area contributed by atoms with Gasteiger partial charge in [0.25, 0.3) is 0 Å². The Bertz CT molecular complexity index is 1000. The van der Waals surface area contributed by atoms with E-state index in [0.717, 1.165) is 24.6 Å². The van der Waals surface area contributed by atoms with Gasteiger partial charge in [0, 0.05) is 44.0 Å². The van der Waals surface area contributed by atoms with Crippen LogP contribution in [0, 0.1) is 0 Å². The number of urea groups is 1. The van der Waals surface area contributed by atoms with E-state index < -0.39 is 0 Å². The van der Waals surface area contributed by atoms with Gasteiger partial charge < -0.3 is 15.1 Å². The number of thiazole rings is 1. The molecule has 4 heterocycles. The Morgan fingerprint density at radius 1 is 0.968 bits per heavy atom. The molecule has 10 heteroatoms. The lowest BCUT2D eigenvalue weighted by Gasteiger charge is -2.35. The molecular formula is C21H23N7O2S. The summed E-state index contributed by atoms with van der Waals surface area (Å²) in [6, 6.07) is 11.2. The molecular weight excluding hydrogens is 414 g/mol. The smallest absolute Gasteiger partial charge is 0.323 e. The molecule has 9 nitrogen and oxygen atoms in total. The minimum absolute atomic E-state index is 0.139. The second kappa shape index (κ2) is 9.98. The van der Waals surface area contributed by atoms with E-state index >= 15 is 0 Å². The number of nitrogens with one attached hydrogen (secondary N) is 2. The van der Waals surface area contributed by atoms with Crippen LogP contribution in [-0.4, -0.2) is 58.0 Å². The highest BCUT2D eigenvalue weighted by Gasteiger charge is 2.22. The van der Waals surface area contributed by atoms with Crippen molar-refractivity contribution < 1.29 is 9.59 Å². The summed E-state index contributed by atoms with van der Waals surface area (Å²) in [5.74, 6) is 0.785. The maximum absolute atomic E-state index is 12.6. The molecule has 0 atom stereocenters. The SMILES string of the molecule is O=C(Cc1csc(NC(=O)N2CCN(c3ccccn3)CC2)n1)NCc1ccccn1. The molecule has 4 rings (SSSR count). The van der Waals surface area contributed by atoms with Gasteiger partial charge in [-0.3, -0.25) is 15.1 Å². The van der Waals surface area contributed by atoms with Crippen LogP contribution in [0.25, 0.3) is 0 Å². The zero-order valence-corrected chi connectivity index (χ0v) is 17.7. The van der Waals surface area contributed by atoms with Gasteiger partial charge >= 0.3 is 6.03 Å². The number of carbonyl (C=O) groups is 2. The summed E-state index contributed by atoms with van der Waals surface area (Å²) in [6.07, 6.45) is 3.62. The van der Waals surface area contributed by atoms with Crippen LogP contribution in [0.5, 0.6) is 0 Å². The van der Waals surface area contributed by atoms with Gasteiger partial charge in [-0.2, -0.15) is 0 Å². The maximum atomic E-state index is 12.6. The van der Waals surface area contributed by atoms with Crippen LogP contribution in [-0.2, 0) is 17.8 Å². The zero-order chi connectivity index (χ0) is 21.5. The molecule has 1 fully saturated rings. The first-order valence-electron chi connectivity index (χ1n) is 10.0. The van der Waals surface area contributed by atoms with Gasteiger partial charge in [0.1, 0.15) is 5.82 Å². The minimum atomic E-state index is -0.179. The highest BCUT2D eigenvalue weighted by Crippen LogP contribution is 2.18. The van der Waals surface area contributed by atoms with Crippen molar-refractivity contribution >= 4 is 34.2 Å². The molecule has 3 aromatic rings. The molecule has 0 unspecified atom stereocenters. The molecule has 1 aliphatic rings. The molecule has 0 spiro atoms. The van der Waals surface area contributed by atoms with E-state index in [0.29, 0.717) is 30.5 Å². The number of piperazine rings is 1. The summed E-state index contributed by atoms with van der Waals surface area (Å²) < 4.78 is 0. The van der Waals surface area contributed by atoms with Crippen LogP contribution < -0.4 is 15.5 Å². The first kappa shape index (κ1) is 20.7. The van der Waals surface area contributed by atoms with Gasteiger partial charge in [-0.1, -0.05) is 12.1 Å². The molecule has 0 radical (unpaired) electrons. The minimum Gasteiger partial charge on any atom is -0.353 e. The lowest BCUT2D eigenvalue weighted by Crippen LogP contribution is -2.50. The molecule has 1 aliphatic heterocycles. The number of anilines is 2. The first-order chi connectivity index (χ1) is 15.2. The van der Waals surface area contributed by atoms with Crippen molar-refractivity contribution in [2.45, 2.75) is 13.0 Å². The summed E-state index contributed by atoms with van der Waals surface area (Å²) >= 11 is 1.31. The summed E-state index contributed by atoms with van der Waals surface area (Å²) in [7, 11) is 0. The van der Waals surface area contributed by atoms with Gasteiger partial charge in [0.2, 0.25) is 5.91 Å². The molecule has 0 aliphatic carbocycles. The van der Waals surface area contributed by atoms with Crippen molar-refractivity contribution in [1.82, 2.24) is 25.2 Å². The summed E-state index contributed by atoms with van der Waals surface area (Å²) in [5.41, 5.74) is 1.42. The Hall–Kier alpha value is -3.53. The summed E-state index contributed by atoms with van der Waals surface area (Å²) in [4.78, 5) is 41.5. The average molecular weight is 438 g/mol. The number of carbonyl (C=O) groups excluding carboxylic acids is 2. The molecule has 0 aromatic carbocycles. The van der Waals surface area contributed by atoms with Gasteiger partial charge in [-0.05, 0) is 24.3 Å². The normalized spacial score (nSPS) is 13.7. The number of pyridine rings is 2. The lowest BCUT2D eigenvalue weighted by molar-refractivity contribution is -0.120. The second-order valence-corrected chi connectivity index (χ2v) is 7.87. The fourth-order valence-electron chi connectivity index (χ4n) is 3.21. The molecule has 1 saturated heterocycles. The third-order valence-electron chi connectivity index (χ3n) is 4.84. The van der Waals surface area contributed by atoms with Gasteiger partial charge in [-0.25, -0.2) is 14.8 Å². The highest BCUT2D eigenvalue weighted by atomic mass is 32.1. The van der Waals surface area contributed by atoms with Crippen LogP contribution in [0.4, 0.5) is 15.7 Å². The van der Waals surface area contributed by atoms with E-state index in [4.69, 9.17) is 0 Å². The van der Waals surface area contributed by atoms with Gasteiger partial charge in [-0.15, -0.1) is 11.3 Å². The Morgan fingerprint density at radius 2 is 1.74 bits per heavy atom. The van der Waals surface area contributed by atoms with Crippen LogP contribution >= 0.6 is 11.3 Å². The number of hydrogen-bond donors (Lipinski definition) is 2. The first-order valence-corrected chi connectivity index (χ1v) is 10.9. The van der Waals surface area contributed by atoms with Crippen molar-refractivity contribution in [1.29, 1.82) is 0 Å². The molecule has 3 aromatic heterocycles. The van der Waals surface area contributed by atoms with Crippen LogP contribution in [0.1, 0.15) is 11.4 Å². The predicted octanol–water partition coefficient (Wildman–Crippen LogP) is 2.15. The van der Waals surface area contributed by atoms with Crippen molar-refractivity contribution in [2.24, 2.45) is 0 Å². The van der Waals surface area contributed by atoms with E-state index in [1.807, 2.05) is 36.4 Å². The molecule has 3 amide bonds. The lowest BCUT2D eigenvalue weighted by atomic mass is 10.3. The van der Waals surface area contributed by atoms with Crippen LogP contribution in [0.2, 0.25) is 0 Å². The largest absolute Gasteiger partial charge is 0.353 e. The number of aromatic nitrogens is 3. The number of rotatable bonds is 6. The van der Waals surface area contributed by atoms with Crippen LogP contribution in [0.15, 0.2) is 54.2 Å². The molecule has 0 saturated carbocycles. The topological polar surface area (TPSA) is 103 Å². The third-order valence-corrected chi connectivity index (χ3v) is 5.65. The van der Waals surface area contributed by atoms with E-state index in [-0.39, 0.29) is 18.4 Å². The molecule has 0 bridgehead atoms. The zero-order valence-electron chi connectivity index (χ0n) is 16.9. The molecule has 160 valence electrons. The molecule has 31 heavy (non-hydrogen) atoms. The van der Waals surface area contributed by atoms with Crippen molar-refractivity contribution in [3.05, 3.63) is 65.6 Å². The highest BCUT2D eigenvalue weighted by molar-refractivity contribution is 7.13. The quantitative estimate of drug-likeness (QED) is 0.613. The summed E-state index contributed by atoms with van der Waals surface area (Å²) in [5, 5.41) is 7.94.